The molecular formula is C54H44N2. The maximum atomic E-state index is 2.37. The third-order valence-corrected chi connectivity index (χ3v) is 10.8. The van der Waals surface area contributed by atoms with Crippen LogP contribution < -0.4 is 9.80 Å². The Labute approximate surface area is 330 Å². The number of para-hydroxylation sites is 2. The first kappa shape index (κ1) is 34.8. The largest absolute Gasteiger partial charge is 0.311 e. The second kappa shape index (κ2) is 14.7. The van der Waals surface area contributed by atoms with Crippen molar-refractivity contribution < 1.29 is 0 Å². The standard InChI is InChI=1S/C54H44N2/c1-54(2,3)41-29-33-45(34-30-41)56(47-37-35-46(36-38-47)55(42-19-9-5-10-20-42)43-21-11-6-12-22-43)44-31-27-40(28-32-44)53-50-25-15-13-23-48(50)52(39-17-7-4-8-18-39)49-24-14-16-26-51(49)53/h4-38H,1-3H3. The second-order valence-corrected chi connectivity index (χ2v) is 15.4. The Bertz CT molecular complexity index is 2630. The van der Waals surface area contributed by atoms with E-state index in [0.29, 0.717) is 0 Å². The summed E-state index contributed by atoms with van der Waals surface area (Å²) in [7, 11) is 0. The molecule has 0 aliphatic heterocycles. The minimum absolute atomic E-state index is 0.0621. The highest BCUT2D eigenvalue weighted by molar-refractivity contribution is 6.21. The molecule has 0 spiro atoms. The zero-order valence-corrected chi connectivity index (χ0v) is 32.1. The highest BCUT2D eigenvalue weighted by atomic mass is 15.2. The Hall–Kier alpha value is -6.90. The van der Waals surface area contributed by atoms with Crippen molar-refractivity contribution in [2.45, 2.75) is 26.2 Å². The van der Waals surface area contributed by atoms with Crippen LogP contribution in [-0.4, -0.2) is 0 Å². The maximum absolute atomic E-state index is 2.37. The van der Waals surface area contributed by atoms with Gasteiger partial charge in [0, 0.05) is 34.1 Å². The van der Waals surface area contributed by atoms with E-state index >= 15 is 0 Å². The van der Waals surface area contributed by atoms with Gasteiger partial charge in [-0.2, -0.15) is 0 Å². The monoisotopic (exact) mass is 720 g/mol. The fraction of sp³-hybridized carbons (Fsp3) is 0.0741. The van der Waals surface area contributed by atoms with Crippen LogP contribution in [0.2, 0.25) is 0 Å². The molecule has 2 nitrogen and oxygen atoms in total. The van der Waals surface area contributed by atoms with Gasteiger partial charge in [-0.15, -0.1) is 0 Å². The quantitative estimate of drug-likeness (QED) is 0.144. The van der Waals surface area contributed by atoms with Crippen LogP contribution in [-0.2, 0) is 5.41 Å². The molecule has 0 heterocycles. The van der Waals surface area contributed by atoms with Crippen LogP contribution in [0.15, 0.2) is 212 Å². The van der Waals surface area contributed by atoms with Gasteiger partial charge in [0.15, 0.2) is 0 Å². The van der Waals surface area contributed by atoms with E-state index in [1.54, 1.807) is 0 Å². The summed E-state index contributed by atoms with van der Waals surface area (Å²) in [4.78, 5) is 4.67. The lowest BCUT2D eigenvalue weighted by atomic mass is 9.86. The number of nitrogens with zero attached hydrogens (tertiary/aromatic N) is 2. The molecule has 0 fully saturated rings. The number of rotatable bonds is 8. The van der Waals surface area contributed by atoms with Crippen LogP contribution in [0, 0.1) is 0 Å². The predicted octanol–water partition coefficient (Wildman–Crippen LogP) is 15.6. The van der Waals surface area contributed by atoms with Gasteiger partial charge in [-0.05, 0) is 128 Å². The van der Waals surface area contributed by atoms with Crippen molar-refractivity contribution >= 4 is 55.7 Å². The molecule has 9 aromatic rings. The topological polar surface area (TPSA) is 6.48 Å². The Kier molecular flexibility index (Phi) is 9.17. The summed E-state index contributed by atoms with van der Waals surface area (Å²) in [5.41, 5.74) is 13.0. The van der Waals surface area contributed by atoms with Crippen LogP contribution >= 0.6 is 0 Å². The number of hydrogen-bond acceptors (Lipinski definition) is 2. The molecule has 0 amide bonds. The fourth-order valence-corrected chi connectivity index (χ4v) is 8.04. The molecule has 0 bridgehead atoms. The number of hydrogen-bond donors (Lipinski definition) is 0. The van der Waals surface area contributed by atoms with Crippen molar-refractivity contribution in [3.63, 3.8) is 0 Å². The first-order valence-corrected chi connectivity index (χ1v) is 19.4. The average molecular weight is 721 g/mol. The number of fused-ring (bicyclic) bond motifs is 2. The fourth-order valence-electron chi connectivity index (χ4n) is 8.04. The lowest BCUT2D eigenvalue weighted by molar-refractivity contribution is 0.590. The van der Waals surface area contributed by atoms with Gasteiger partial charge < -0.3 is 9.80 Å². The highest BCUT2D eigenvalue weighted by Gasteiger charge is 2.20. The van der Waals surface area contributed by atoms with E-state index in [2.05, 4.69) is 243 Å². The van der Waals surface area contributed by atoms with E-state index in [-0.39, 0.29) is 5.41 Å². The Morgan fingerprint density at radius 3 is 0.893 bits per heavy atom. The zero-order valence-electron chi connectivity index (χ0n) is 32.1. The number of benzene rings is 9. The van der Waals surface area contributed by atoms with Crippen LogP contribution in [0.25, 0.3) is 43.8 Å². The zero-order chi connectivity index (χ0) is 38.1. The molecule has 270 valence electrons. The second-order valence-electron chi connectivity index (χ2n) is 15.4. The van der Waals surface area contributed by atoms with E-state index < -0.39 is 0 Å². The first-order chi connectivity index (χ1) is 27.4. The summed E-state index contributed by atoms with van der Waals surface area (Å²) in [5.74, 6) is 0. The van der Waals surface area contributed by atoms with Crippen molar-refractivity contribution in [2.24, 2.45) is 0 Å². The van der Waals surface area contributed by atoms with Crippen LogP contribution in [0.4, 0.5) is 34.1 Å². The molecule has 9 rings (SSSR count). The predicted molar refractivity (Wildman–Crippen MR) is 240 cm³/mol. The van der Waals surface area contributed by atoms with E-state index in [9.17, 15) is 0 Å². The van der Waals surface area contributed by atoms with Crippen LogP contribution in [0.3, 0.4) is 0 Å². The van der Waals surface area contributed by atoms with Gasteiger partial charge in [-0.1, -0.05) is 160 Å². The minimum atomic E-state index is 0.0621. The minimum Gasteiger partial charge on any atom is -0.311 e. The summed E-state index contributed by atoms with van der Waals surface area (Å²) >= 11 is 0. The highest BCUT2D eigenvalue weighted by Crippen LogP contribution is 2.45. The van der Waals surface area contributed by atoms with Gasteiger partial charge in [0.2, 0.25) is 0 Å². The molecule has 0 aliphatic carbocycles. The Morgan fingerprint density at radius 1 is 0.268 bits per heavy atom. The smallest absolute Gasteiger partial charge is 0.0463 e. The lowest BCUT2D eigenvalue weighted by Crippen LogP contribution is -2.13. The van der Waals surface area contributed by atoms with Crippen molar-refractivity contribution in [1.82, 2.24) is 0 Å². The average Bonchev–Trinajstić information content (AvgIpc) is 3.25. The van der Waals surface area contributed by atoms with Gasteiger partial charge in [-0.3, -0.25) is 0 Å². The van der Waals surface area contributed by atoms with Crippen LogP contribution in [0.5, 0.6) is 0 Å². The normalized spacial score (nSPS) is 11.5. The van der Waals surface area contributed by atoms with Gasteiger partial charge >= 0.3 is 0 Å². The van der Waals surface area contributed by atoms with E-state index in [1.165, 1.54) is 49.4 Å². The molecule has 0 unspecified atom stereocenters. The number of anilines is 6. The maximum Gasteiger partial charge on any atom is 0.0463 e. The van der Waals surface area contributed by atoms with Gasteiger partial charge in [0.25, 0.3) is 0 Å². The van der Waals surface area contributed by atoms with Crippen molar-refractivity contribution in [3.8, 4) is 22.3 Å². The van der Waals surface area contributed by atoms with Crippen molar-refractivity contribution in [1.29, 1.82) is 0 Å². The van der Waals surface area contributed by atoms with Crippen molar-refractivity contribution in [3.05, 3.63) is 218 Å². The Morgan fingerprint density at radius 2 is 0.536 bits per heavy atom. The summed E-state index contributed by atoms with van der Waals surface area (Å²) in [5, 5.41) is 5.03. The van der Waals surface area contributed by atoms with Gasteiger partial charge in [-0.25, -0.2) is 0 Å². The molecule has 0 aromatic heterocycles. The molecular weight excluding hydrogens is 677 g/mol. The molecule has 0 N–H and O–H groups in total. The van der Waals surface area contributed by atoms with Crippen molar-refractivity contribution in [2.75, 3.05) is 9.80 Å². The van der Waals surface area contributed by atoms with Gasteiger partial charge in [0.1, 0.15) is 0 Å². The van der Waals surface area contributed by atoms with Crippen LogP contribution in [0.1, 0.15) is 26.3 Å². The third kappa shape index (κ3) is 6.61. The summed E-state index contributed by atoms with van der Waals surface area (Å²) < 4.78 is 0. The SMILES string of the molecule is CC(C)(C)c1ccc(N(c2ccc(-c3c4ccccc4c(-c4ccccc4)c4ccccc34)cc2)c2ccc(N(c3ccccc3)c3ccccc3)cc2)cc1. The molecule has 0 saturated heterocycles. The molecule has 56 heavy (non-hydrogen) atoms. The molecule has 0 aliphatic rings. The molecule has 0 atom stereocenters. The Balaban J connectivity index is 1.16. The molecule has 2 heteroatoms. The first-order valence-electron chi connectivity index (χ1n) is 19.4. The molecule has 0 saturated carbocycles. The molecule has 0 radical (unpaired) electrons. The summed E-state index contributed by atoms with van der Waals surface area (Å²) in [6.45, 7) is 6.80. The van der Waals surface area contributed by atoms with Gasteiger partial charge in [0.05, 0.1) is 0 Å². The summed E-state index contributed by atoms with van der Waals surface area (Å²) in [6, 6.07) is 76.8. The lowest BCUT2D eigenvalue weighted by Gasteiger charge is -2.29. The van der Waals surface area contributed by atoms with E-state index in [4.69, 9.17) is 0 Å². The summed E-state index contributed by atoms with van der Waals surface area (Å²) in [6.07, 6.45) is 0. The molecule has 9 aromatic carbocycles. The van der Waals surface area contributed by atoms with E-state index in [0.717, 1.165) is 34.1 Å². The van der Waals surface area contributed by atoms with E-state index in [1.807, 2.05) is 0 Å². The third-order valence-electron chi connectivity index (χ3n) is 10.8.